The summed E-state index contributed by atoms with van der Waals surface area (Å²) in [5.74, 6) is 0.805. The van der Waals surface area contributed by atoms with E-state index in [0.29, 0.717) is 17.8 Å². The number of rotatable bonds is 0. The van der Waals surface area contributed by atoms with Gasteiger partial charge in [-0.15, -0.1) is 0 Å². The van der Waals surface area contributed by atoms with Crippen molar-refractivity contribution in [3.05, 3.63) is 0 Å². The number of Topliss-reactive ketones (excluding diaryl/α,β-unsaturated/α-hetero) is 1. The molecule has 1 heterocycles. The highest BCUT2D eigenvalue weighted by Gasteiger charge is 2.71. The smallest absolute Gasteiger partial charge is 0.136 e. The molecule has 0 bridgehead atoms. The number of fused-ring (bicyclic) bond motifs is 2. The Bertz CT molecular complexity index is 299. The van der Waals surface area contributed by atoms with E-state index in [1.165, 1.54) is 6.42 Å². The zero-order valence-electron chi connectivity index (χ0n) is 9.01. The lowest BCUT2D eigenvalue weighted by molar-refractivity contribution is -0.130. The topological polar surface area (TPSA) is 29.6 Å². The molecule has 3 fully saturated rings. The highest BCUT2D eigenvalue weighted by molar-refractivity contribution is 5.83. The van der Waals surface area contributed by atoms with Gasteiger partial charge in [-0.05, 0) is 32.6 Å². The zero-order chi connectivity index (χ0) is 9.97. The van der Waals surface area contributed by atoms with Crippen molar-refractivity contribution in [1.29, 1.82) is 0 Å². The predicted molar refractivity (Wildman–Crippen MR) is 53.0 cm³/mol. The fourth-order valence-electron chi connectivity index (χ4n) is 4.11. The van der Waals surface area contributed by atoms with Gasteiger partial charge in [0, 0.05) is 17.8 Å². The molecule has 3 aliphatic rings. The summed E-state index contributed by atoms with van der Waals surface area (Å²) in [6, 6.07) is 0. The third kappa shape index (κ3) is 0.796. The van der Waals surface area contributed by atoms with E-state index < -0.39 is 0 Å². The van der Waals surface area contributed by atoms with Gasteiger partial charge in [0.25, 0.3) is 0 Å². The van der Waals surface area contributed by atoms with Crippen LogP contribution in [0.4, 0.5) is 0 Å². The van der Waals surface area contributed by atoms with Crippen molar-refractivity contribution in [2.24, 2.45) is 11.3 Å². The fraction of sp³-hybridized carbons (Fsp3) is 0.917. The van der Waals surface area contributed by atoms with E-state index in [2.05, 4.69) is 13.8 Å². The molecular weight excluding hydrogens is 176 g/mol. The van der Waals surface area contributed by atoms with Crippen LogP contribution >= 0.6 is 0 Å². The van der Waals surface area contributed by atoms with Crippen LogP contribution in [0.15, 0.2) is 0 Å². The number of carbonyl (C=O) groups is 1. The van der Waals surface area contributed by atoms with Gasteiger partial charge in [-0.25, -0.2) is 0 Å². The minimum absolute atomic E-state index is 0.0910. The molecule has 4 atom stereocenters. The molecule has 2 saturated carbocycles. The second-order valence-corrected chi connectivity index (χ2v) is 5.48. The normalized spacial score (nSPS) is 56.3. The Morgan fingerprint density at radius 2 is 2.14 bits per heavy atom. The molecule has 0 aromatic heterocycles. The van der Waals surface area contributed by atoms with E-state index in [1.54, 1.807) is 0 Å². The van der Waals surface area contributed by atoms with Crippen LogP contribution < -0.4 is 0 Å². The molecule has 0 radical (unpaired) electrons. The maximum atomic E-state index is 11.8. The van der Waals surface area contributed by atoms with E-state index in [0.717, 1.165) is 25.7 Å². The highest BCUT2D eigenvalue weighted by Crippen LogP contribution is 2.66. The molecule has 1 spiro atoms. The Labute approximate surface area is 85.0 Å². The van der Waals surface area contributed by atoms with Crippen molar-refractivity contribution in [2.75, 3.05) is 0 Å². The van der Waals surface area contributed by atoms with E-state index in [4.69, 9.17) is 4.74 Å². The molecule has 2 aliphatic carbocycles. The van der Waals surface area contributed by atoms with Gasteiger partial charge in [0.15, 0.2) is 0 Å². The van der Waals surface area contributed by atoms with Gasteiger partial charge in [0.2, 0.25) is 0 Å². The van der Waals surface area contributed by atoms with Gasteiger partial charge in [0.1, 0.15) is 11.4 Å². The first-order valence-electron chi connectivity index (χ1n) is 5.81. The number of epoxide rings is 1. The molecule has 1 saturated heterocycles. The molecule has 0 N–H and O–H groups in total. The monoisotopic (exact) mass is 194 g/mol. The first-order valence-corrected chi connectivity index (χ1v) is 5.81. The molecule has 1 unspecified atom stereocenters. The van der Waals surface area contributed by atoms with Gasteiger partial charge < -0.3 is 4.74 Å². The third-order valence-corrected chi connectivity index (χ3v) is 5.03. The van der Waals surface area contributed by atoms with Crippen LogP contribution in [0.2, 0.25) is 0 Å². The molecule has 78 valence electrons. The van der Waals surface area contributed by atoms with Crippen LogP contribution in [0.5, 0.6) is 0 Å². The Balaban J connectivity index is 1.98. The quantitative estimate of drug-likeness (QED) is 0.554. The summed E-state index contributed by atoms with van der Waals surface area (Å²) in [6.07, 6.45) is 5.64. The van der Waals surface area contributed by atoms with Gasteiger partial charge in [0.05, 0.1) is 6.10 Å². The lowest BCUT2D eigenvalue weighted by Gasteiger charge is -2.38. The van der Waals surface area contributed by atoms with Crippen molar-refractivity contribution in [1.82, 2.24) is 0 Å². The van der Waals surface area contributed by atoms with Crippen molar-refractivity contribution in [3.63, 3.8) is 0 Å². The second kappa shape index (κ2) is 2.41. The Hall–Kier alpha value is -0.370. The van der Waals surface area contributed by atoms with Crippen molar-refractivity contribution >= 4 is 5.78 Å². The summed E-state index contributed by atoms with van der Waals surface area (Å²) < 4.78 is 5.83. The first kappa shape index (κ1) is 8.90. The van der Waals surface area contributed by atoms with Gasteiger partial charge in [-0.3, -0.25) is 4.79 Å². The van der Waals surface area contributed by atoms with Crippen LogP contribution in [0.3, 0.4) is 0 Å². The molecule has 3 rings (SSSR count). The second-order valence-electron chi connectivity index (χ2n) is 5.48. The molecule has 2 heteroatoms. The van der Waals surface area contributed by atoms with E-state index in [1.807, 2.05) is 0 Å². The van der Waals surface area contributed by atoms with E-state index in [-0.39, 0.29) is 11.0 Å². The van der Waals surface area contributed by atoms with Gasteiger partial charge in [-0.1, -0.05) is 6.92 Å². The predicted octanol–water partition coefficient (Wildman–Crippen LogP) is 2.31. The number of hydrogen-bond donors (Lipinski definition) is 0. The average Bonchev–Trinajstić information content (AvgIpc) is 2.67. The molecule has 0 aromatic carbocycles. The Kier molecular flexibility index (Phi) is 1.53. The molecule has 0 amide bonds. The fourth-order valence-corrected chi connectivity index (χ4v) is 4.11. The largest absolute Gasteiger partial charge is 0.366 e. The highest BCUT2D eigenvalue weighted by atomic mass is 16.6. The molecule has 2 nitrogen and oxygen atoms in total. The van der Waals surface area contributed by atoms with Gasteiger partial charge >= 0.3 is 0 Å². The number of ether oxygens (including phenoxy) is 1. The molecule has 14 heavy (non-hydrogen) atoms. The maximum absolute atomic E-state index is 11.8. The average molecular weight is 194 g/mol. The summed E-state index contributed by atoms with van der Waals surface area (Å²) in [6.45, 7) is 4.44. The minimum Gasteiger partial charge on any atom is -0.366 e. The number of hydrogen-bond acceptors (Lipinski definition) is 2. The zero-order valence-corrected chi connectivity index (χ0v) is 9.01. The van der Waals surface area contributed by atoms with Gasteiger partial charge in [-0.2, -0.15) is 0 Å². The van der Waals surface area contributed by atoms with Crippen LogP contribution in [0.1, 0.15) is 46.0 Å². The summed E-state index contributed by atoms with van der Waals surface area (Å²) >= 11 is 0. The summed E-state index contributed by atoms with van der Waals surface area (Å²) in [5, 5.41) is 0. The SMILES string of the molecule is C[C@@H]1O[C@@]12CCC1C(=O)CCC[C@@]12C. The molecule has 1 aliphatic heterocycles. The van der Waals surface area contributed by atoms with Crippen LogP contribution in [0.25, 0.3) is 0 Å². The standard InChI is InChI=1S/C12H18O2/c1-8-12(14-8)7-5-9-10(13)4-3-6-11(9,12)2/h8-9H,3-7H2,1-2H3/t8-,9?,11-,12-/m0/s1. The summed E-state index contributed by atoms with van der Waals surface area (Å²) in [7, 11) is 0. The Morgan fingerprint density at radius 1 is 1.43 bits per heavy atom. The Morgan fingerprint density at radius 3 is 2.79 bits per heavy atom. The lowest BCUT2D eigenvalue weighted by Crippen LogP contribution is -2.42. The summed E-state index contributed by atoms with van der Waals surface area (Å²) in [4.78, 5) is 11.8. The van der Waals surface area contributed by atoms with Crippen LogP contribution in [-0.4, -0.2) is 17.5 Å². The molecular formula is C12H18O2. The number of carbonyl (C=O) groups excluding carboxylic acids is 1. The first-order chi connectivity index (χ1) is 6.60. The third-order valence-electron chi connectivity index (χ3n) is 5.03. The van der Waals surface area contributed by atoms with Crippen molar-refractivity contribution in [2.45, 2.75) is 57.7 Å². The van der Waals surface area contributed by atoms with Crippen LogP contribution in [-0.2, 0) is 9.53 Å². The summed E-state index contributed by atoms with van der Waals surface area (Å²) in [5.41, 5.74) is 0.259. The number of ketones is 1. The van der Waals surface area contributed by atoms with Crippen molar-refractivity contribution < 1.29 is 9.53 Å². The lowest BCUT2D eigenvalue weighted by atomic mass is 9.64. The van der Waals surface area contributed by atoms with Crippen molar-refractivity contribution in [3.8, 4) is 0 Å². The van der Waals surface area contributed by atoms with E-state index in [9.17, 15) is 4.79 Å². The van der Waals surface area contributed by atoms with Crippen LogP contribution in [0, 0.1) is 11.3 Å². The minimum atomic E-state index is 0.0910. The van der Waals surface area contributed by atoms with E-state index >= 15 is 0 Å². The molecule has 0 aromatic rings. The maximum Gasteiger partial charge on any atom is 0.136 e.